The van der Waals surface area contributed by atoms with E-state index in [9.17, 15) is 0 Å². The Labute approximate surface area is 199 Å². The molecule has 1 fully saturated rings. The Kier molecular flexibility index (Phi) is 7.42. The van der Waals surface area contributed by atoms with Crippen LogP contribution in [0.25, 0.3) is 0 Å². The topological polar surface area (TPSA) is 44.2 Å². The Morgan fingerprint density at radius 1 is 0.848 bits per heavy atom. The molecule has 1 saturated carbocycles. The number of benzene rings is 2. The second-order valence-electron chi connectivity index (χ2n) is 10.1. The molecule has 1 aliphatic rings. The van der Waals surface area contributed by atoms with Crippen molar-refractivity contribution >= 4 is 18.7 Å². The lowest BCUT2D eigenvalue weighted by molar-refractivity contribution is 0.0650. The van der Waals surface area contributed by atoms with Gasteiger partial charge in [-0.3, -0.25) is 0 Å². The fraction of sp³-hybridized carbons (Fsp3) is 0.429. The van der Waals surface area contributed by atoms with Crippen LogP contribution in [0.3, 0.4) is 0 Å². The van der Waals surface area contributed by atoms with Crippen molar-refractivity contribution < 1.29 is 9.16 Å². The molecule has 0 atom stereocenters. The first-order chi connectivity index (χ1) is 15.9. The van der Waals surface area contributed by atoms with E-state index in [1.807, 2.05) is 19.4 Å². The van der Waals surface area contributed by atoms with Gasteiger partial charge in [0.1, 0.15) is 5.82 Å². The maximum Gasteiger partial charge on any atom is 0.261 e. The first-order valence-electron chi connectivity index (χ1n) is 12.0. The van der Waals surface area contributed by atoms with E-state index >= 15 is 0 Å². The quantitative estimate of drug-likeness (QED) is 0.453. The van der Waals surface area contributed by atoms with Crippen LogP contribution >= 0.6 is 0 Å². The smallest absolute Gasteiger partial charge is 0.261 e. The highest BCUT2D eigenvalue weighted by atomic mass is 28.4. The molecule has 33 heavy (non-hydrogen) atoms. The van der Waals surface area contributed by atoms with E-state index in [1.165, 1.54) is 10.4 Å². The van der Waals surface area contributed by atoms with Crippen molar-refractivity contribution in [3.05, 3.63) is 84.4 Å². The zero-order chi connectivity index (χ0) is 23.3. The lowest BCUT2D eigenvalue weighted by Crippen LogP contribution is -2.66. The molecule has 0 spiro atoms. The Balaban J connectivity index is 1.63. The molecule has 2 aromatic carbocycles. The average molecular weight is 461 g/mol. The Bertz CT molecular complexity index is 973. The van der Waals surface area contributed by atoms with Crippen LogP contribution in [0.4, 0.5) is 0 Å². The molecular weight excluding hydrogens is 424 g/mol. The van der Waals surface area contributed by atoms with E-state index in [0.717, 1.165) is 37.2 Å². The van der Waals surface area contributed by atoms with E-state index < -0.39 is 8.32 Å². The Hall–Kier alpha value is -2.34. The van der Waals surface area contributed by atoms with Gasteiger partial charge in [0.25, 0.3) is 8.32 Å². The summed E-state index contributed by atoms with van der Waals surface area (Å²) in [6, 6.07) is 23.5. The first kappa shape index (κ1) is 23.8. The lowest BCUT2D eigenvalue weighted by atomic mass is 9.87. The van der Waals surface area contributed by atoms with E-state index in [1.54, 1.807) is 0 Å². The number of aromatic nitrogens is 2. The van der Waals surface area contributed by atoms with Crippen molar-refractivity contribution in [2.24, 2.45) is 0 Å². The molecule has 0 amide bonds. The maximum atomic E-state index is 7.06. The van der Waals surface area contributed by atoms with Gasteiger partial charge in [-0.2, -0.15) is 0 Å². The van der Waals surface area contributed by atoms with Gasteiger partial charge in [0.05, 0.1) is 18.4 Å². The van der Waals surface area contributed by atoms with Crippen molar-refractivity contribution in [3.63, 3.8) is 0 Å². The number of hydrogen-bond donors (Lipinski definition) is 0. The molecular formula is C28H36N2O2Si. The minimum Gasteiger partial charge on any atom is -0.401 e. The highest BCUT2D eigenvalue weighted by Gasteiger charge is 2.50. The highest BCUT2D eigenvalue weighted by Crippen LogP contribution is 2.37. The van der Waals surface area contributed by atoms with Gasteiger partial charge in [0.2, 0.25) is 0 Å². The summed E-state index contributed by atoms with van der Waals surface area (Å²) in [5.41, 5.74) is 0.960. The molecule has 174 valence electrons. The molecule has 3 aromatic rings. The highest BCUT2D eigenvalue weighted by molar-refractivity contribution is 6.99. The molecule has 1 heterocycles. The summed E-state index contributed by atoms with van der Waals surface area (Å²) in [6.07, 6.45) is 6.59. The van der Waals surface area contributed by atoms with Crippen molar-refractivity contribution in [3.8, 4) is 0 Å². The third kappa shape index (κ3) is 5.11. The first-order valence-corrected chi connectivity index (χ1v) is 13.9. The van der Waals surface area contributed by atoms with Gasteiger partial charge in [-0.15, -0.1) is 0 Å². The Morgan fingerprint density at radius 3 is 1.94 bits per heavy atom. The number of ether oxygens (including phenoxy) is 1. The molecule has 0 saturated heterocycles. The average Bonchev–Trinajstić information content (AvgIpc) is 2.85. The van der Waals surface area contributed by atoms with Crippen LogP contribution < -0.4 is 10.4 Å². The molecule has 0 radical (unpaired) electrons. The monoisotopic (exact) mass is 460 g/mol. The standard InChI is InChI=1S/C28H36N2O2Si/c1-28(2,3)33(25-11-7-5-8-12-25,26-13-9-6-10-14-26)32-21-23-19-20-29-27(30-23)22-15-17-24(31-4)18-16-22/h5-14,19-20,22,24H,15-18,21H2,1-4H3/t22-,24-. The van der Waals surface area contributed by atoms with Crippen molar-refractivity contribution in [1.29, 1.82) is 0 Å². The molecule has 0 bridgehead atoms. The third-order valence-corrected chi connectivity index (χ3v) is 11.9. The van der Waals surface area contributed by atoms with Crippen molar-refractivity contribution in [2.75, 3.05) is 7.11 Å². The van der Waals surface area contributed by atoms with E-state index in [2.05, 4.69) is 86.4 Å². The van der Waals surface area contributed by atoms with E-state index in [0.29, 0.717) is 18.6 Å². The summed E-state index contributed by atoms with van der Waals surface area (Å²) < 4.78 is 12.6. The second kappa shape index (κ2) is 10.3. The summed E-state index contributed by atoms with van der Waals surface area (Å²) in [5.74, 6) is 1.36. The molecule has 0 unspecified atom stereocenters. The van der Waals surface area contributed by atoms with Crippen LogP contribution in [-0.4, -0.2) is 31.5 Å². The predicted octanol–water partition coefficient (Wildman–Crippen LogP) is 5.23. The molecule has 1 aromatic heterocycles. The van der Waals surface area contributed by atoms with Crippen LogP contribution in [0.15, 0.2) is 72.9 Å². The van der Waals surface area contributed by atoms with Gasteiger partial charge in [-0.25, -0.2) is 9.97 Å². The number of methoxy groups -OCH3 is 1. The predicted molar refractivity (Wildman–Crippen MR) is 136 cm³/mol. The van der Waals surface area contributed by atoms with Crippen molar-refractivity contribution in [2.45, 2.75) is 70.1 Å². The fourth-order valence-electron chi connectivity index (χ4n) is 5.19. The molecule has 5 heteroatoms. The van der Waals surface area contributed by atoms with Crippen LogP contribution in [0, 0.1) is 0 Å². The summed E-state index contributed by atoms with van der Waals surface area (Å²) in [6.45, 7) is 7.40. The third-order valence-electron chi connectivity index (χ3n) is 6.96. The zero-order valence-electron chi connectivity index (χ0n) is 20.3. The van der Waals surface area contributed by atoms with E-state index in [-0.39, 0.29) is 5.04 Å². The van der Waals surface area contributed by atoms with Crippen molar-refractivity contribution in [1.82, 2.24) is 9.97 Å². The number of rotatable bonds is 7. The summed E-state index contributed by atoms with van der Waals surface area (Å²) in [5, 5.41) is 2.52. The minimum absolute atomic E-state index is 0.0515. The largest absolute Gasteiger partial charge is 0.401 e. The van der Waals surface area contributed by atoms with Crippen LogP contribution in [0.2, 0.25) is 5.04 Å². The van der Waals surface area contributed by atoms with Crippen LogP contribution in [0.5, 0.6) is 0 Å². The molecule has 0 N–H and O–H groups in total. The van der Waals surface area contributed by atoms with Gasteiger partial charge in [0.15, 0.2) is 0 Å². The zero-order valence-corrected chi connectivity index (χ0v) is 21.3. The number of nitrogens with zero attached hydrogens (tertiary/aromatic N) is 2. The summed E-state index contributed by atoms with van der Waals surface area (Å²) >= 11 is 0. The van der Waals surface area contributed by atoms with Crippen LogP contribution in [-0.2, 0) is 15.8 Å². The summed E-state index contributed by atoms with van der Waals surface area (Å²) in [7, 11) is -0.770. The molecule has 4 rings (SSSR count). The van der Waals surface area contributed by atoms with Gasteiger partial charge in [0, 0.05) is 19.2 Å². The SMILES string of the molecule is CO[C@H]1CC[C@H](c2nccc(CO[Si](c3ccccc3)(c3ccccc3)C(C)(C)C)n2)CC1. The van der Waals surface area contributed by atoms with Gasteiger partial charge in [-0.1, -0.05) is 81.4 Å². The molecule has 4 nitrogen and oxygen atoms in total. The fourth-order valence-corrected chi connectivity index (χ4v) is 9.71. The second-order valence-corrected chi connectivity index (χ2v) is 14.4. The minimum atomic E-state index is -2.58. The maximum absolute atomic E-state index is 7.06. The lowest BCUT2D eigenvalue weighted by Gasteiger charge is -2.43. The number of hydrogen-bond acceptors (Lipinski definition) is 4. The molecule has 0 aliphatic heterocycles. The van der Waals surface area contributed by atoms with Crippen LogP contribution in [0.1, 0.15) is 63.9 Å². The van der Waals surface area contributed by atoms with Gasteiger partial charge >= 0.3 is 0 Å². The normalized spacial score (nSPS) is 19.4. The molecule has 1 aliphatic carbocycles. The Morgan fingerprint density at radius 2 is 1.42 bits per heavy atom. The summed E-state index contributed by atoms with van der Waals surface area (Å²) in [4.78, 5) is 9.59. The van der Waals surface area contributed by atoms with Gasteiger partial charge in [-0.05, 0) is 47.2 Å². The van der Waals surface area contributed by atoms with Gasteiger partial charge < -0.3 is 9.16 Å². The van der Waals surface area contributed by atoms with E-state index in [4.69, 9.17) is 14.1 Å².